The van der Waals surface area contributed by atoms with Crippen LogP contribution in [0.3, 0.4) is 0 Å². The van der Waals surface area contributed by atoms with Gasteiger partial charge in [0.15, 0.2) is 0 Å². The van der Waals surface area contributed by atoms with Gasteiger partial charge in [0, 0.05) is 18.5 Å². The second-order valence-electron chi connectivity index (χ2n) is 6.25. The number of carbonyl (C=O) groups is 1. The van der Waals surface area contributed by atoms with Gasteiger partial charge in [-0.3, -0.25) is 4.79 Å². The van der Waals surface area contributed by atoms with Crippen LogP contribution in [0.2, 0.25) is 0 Å². The van der Waals surface area contributed by atoms with Gasteiger partial charge in [0.05, 0.1) is 0 Å². The molecule has 0 spiro atoms. The predicted octanol–water partition coefficient (Wildman–Crippen LogP) is 3.42. The number of nitrogens with zero attached hydrogens (tertiary/aromatic N) is 1. The van der Waals surface area contributed by atoms with Crippen molar-refractivity contribution in [1.29, 1.82) is 0 Å². The molecule has 23 heavy (non-hydrogen) atoms. The Labute approximate surface area is 145 Å². The second-order valence-corrected chi connectivity index (χ2v) is 6.25. The number of carbonyl (C=O) groups excluding carboxylic acids is 1. The van der Waals surface area contributed by atoms with Crippen LogP contribution in [0.4, 0.5) is 4.39 Å². The molecule has 1 aromatic carbocycles. The van der Waals surface area contributed by atoms with E-state index in [1.165, 1.54) is 12.1 Å². The van der Waals surface area contributed by atoms with E-state index in [0.29, 0.717) is 12.5 Å². The molecule has 1 aliphatic rings. The summed E-state index contributed by atoms with van der Waals surface area (Å²) < 4.78 is 13.3. The first-order valence-electron chi connectivity index (χ1n) is 8.37. The molecule has 1 atom stereocenters. The molecule has 0 bridgehead atoms. The minimum atomic E-state index is -0.235. The maximum absolute atomic E-state index is 13.3. The van der Waals surface area contributed by atoms with E-state index in [1.54, 1.807) is 6.07 Å². The summed E-state index contributed by atoms with van der Waals surface area (Å²) in [4.78, 5) is 14.9. The van der Waals surface area contributed by atoms with Gasteiger partial charge < -0.3 is 10.2 Å². The van der Waals surface area contributed by atoms with Crippen LogP contribution in [0.15, 0.2) is 24.3 Å². The Morgan fingerprint density at radius 1 is 1.39 bits per heavy atom. The average molecular weight is 343 g/mol. The van der Waals surface area contributed by atoms with E-state index in [1.807, 2.05) is 13.0 Å². The van der Waals surface area contributed by atoms with Gasteiger partial charge in [-0.2, -0.15) is 0 Å². The number of rotatable bonds is 6. The van der Waals surface area contributed by atoms with Crippen molar-refractivity contribution in [3.05, 3.63) is 35.6 Å². The molecule has 5 heteroatoms. The van der Waals surface area contributed by atoms with Gasteiger partial charge in [-0.1, -0.05) is 26.0 Å². The van der Waals surface area contributed by atoms with Crippen LogP contribution < -0.4 is 5.32 Å². The summed E-state index contributed by atoms with van der Waals surface area (Å²) in [7, 11) is 0. The van der Waals surface area contributed by atoms with Crippen LogP contribution in [0.5, 0.6) is 0 Å². The molecule has 0 saturated carbocycles. The molecule has 1 heterocycles. The standard InChI is InChI=1S/C18H27FN2O.ClH/c1-3-11-21(17-7-9-20-10-8-17)18(22)14(2)12-15-5-4-6-16(19)13-15;/h4-6,13-14,17,20H,3,7-12H2,1-2H3;1H. The van der Waals surface area contributed by atoms with Crippen LogP contribution in [0, 0.1) is 11.7 Å². The number of hydrogen-bond donors (Lipinski definition) is 1. The molecule has 1 amide bonds. The molecule has 1 saturated heterocycles. The zero-order chi connectivity index (χ0) is 15.9. The Hall–Kier alpha value is -1.13. The molecule has 130 valence electrons. The quantitative estimate of drug-likeness (QED) is 0.859. The summed E-state index contributed by atoms with van der Waals surface area (Å²) in [5.41, 5.74) is 0.891. The highest BCUT2D eigenvalue weighted by Crippen LogP contribution is 2.18. The van der Waals surface area contributed by atoms with Gasteiger partial charge >= 0.3 is 0 Å². The molecule has 0 radical (unpaired) electrons. The van der Waals surface area contributed by atoms with Crippen molar-refractivity contribution >= 4 is 18.3 Å². The van der Waals surface area contributed by atoms with Crippen LogP contribution in [0.1, 0.15) is 38.7 Å². The van der Waals surface area contributed by atoms with Gasteiger partial charge in [-0.25, -0.2) is 4.39 Å². The highest BCUT2D eigenvalue weighted by Gasteiger charge is 2.27. The van der Waals surface area contributed by atoms with E-state index in [9.17, 15) is 9.18 Å². The SMILES string of the molecule is CCCN(C(=O)C(C)Cc1cccc(F)c1)C1CCNCC1.Cl. The number of hydrogen-bond acceptors (Lipinski definition) is 2. The van der Waals surface area contributed by atoms with E-state index in [2.05, 4.69) is 17.1 Å². The summed E-state index contributed by atoms with van der Waals surface area (Å²) in [5.74, 6) is -0.137. The van der Waals surface area contributed by atoms with Crippen LogP contribution in [-0.4, -0.2) is 36.5 Å². The first-order chi connectivity index (χ1) is 10.6. The molecule has 0 aromatic heterocycles. The summed E-state index contributed by atoms with van der Waals surface area (Å²) in [5, 5.41) is 3.35. The first-order valence-corrected chi connectivity index (χ1v) is 8.37. The summed E-state index contributed by atoms with van der Waals surface area (Å²) in [6, 6.07) is 6.91. The van der Waals surface area contributed by atoms with Crippen molar-refractivity contribution in [3.8, 4) is 0 Å². The number of amides is 1. The Morgan fingerprint density at radius 3 is 2.70 bits per heavy atom. The van der Waals surface area contributed by atoms with Crippen molar-refractivity contribution in [3.63, 3.8) is 0 Å². The third-order valence-electron chi connectivity index (χ3n) is 4.35. The molecular weight excluding hydrogens is 315 g/mol. The third-order valence-corrected chi connectivity index (χ3v) is 4.35. The largest absolute Gasteiger partial charge is 0.339 e. The molecule has 0 aliphatic carbocycles. The van der Waals surface area contributed by atoms with Gasteiger partial charge in [0.25, 0.3) is 0 Å². The predicted molar refractivity (Wildman–Crippen MR) is 94.4 cm³/mol. The van der Waals surface area contributed by atoms with E-state index >= 15 is 0 Å². The van der Waals surface area contributed by atoms with Crippen molar-refractivity contribution in [2.45, 2.75) is 45.6 Å². The lowest BCUT2D eigenvalue weighted by Gasteiger charge is -2.36. The Morgan fingerprint density at radius 2 is 2.09 bits per heavy atom. The Balaban J connectivity index is 0.00000264. The lowest BCUT2D eigenvalue weighted by Crippen LogP contribution is -2.48. The van der Waals surface area contributed by atoms with Crippen LogP contribution in [0.25, 0.3) is 0 Å². The summed E-state index contributed by atoms with van der Waals surface area (Å²) in [6.07, 6.45) is 3.63. The zero-order valence-corrected chi connectivity index (χ0v) is 14.9. The van der Waals surface area contributed by atoms with Crippen molar-refractivity contribution in [2.24, 2.45) is 5.92 Å². The van der Waals surface area contributed by atoms with E-state index < -0.39 is 0 Å². The summed E-state index contributed by atoms with van der Waals surface area (Å²) >= 11 is 0. The molecule has 1 N–H and O–H groups in total. The zero-order valence-electron chi connectivity index (χ0n) is 14.1. The molecule has 2 rings (SSSR count). The number of benzene rings is 1. The monoisotopic (exact) mass is 342 g/mol. The fourth-order valence-corrected chi connectivity index (χ4v) is 3.22. The van der Waals surface area contributed by atoms with Crippen LogP contribution >= 0.6 is 12.4 Å². The molecule has 1 unspecified atom stereocenters. The smallest absolute Gasteiger partial charge is 0.225 e. The Kier molecular flexibility index (Phi) is 8.56. The van der Waals surface area contributed by atoms with Gasteiger partial charge in [-0.05, 0) is 56.5 Å². The fraction of sp³-hybridized carbons (Fsp3) is 0.611. The molecule has 3 nitrogen and oxygen atoms in total. The van der Waals surface area contributed by atoms with Crippen molar-refractivity contribution in [2.75, 3.05) is 19.6 Å². The lowest BCUT2D eigenvalue weighted by molar-refractivity contribution is -0.138. The van der Waals surface area contributed by atoms with Crippen molar-refractivity contribution < 1.29 is 9.18 Å². The average Bonchev–Trinajstić information content (AvgIpc) is 2.53. The topological polar surface area (TPSA) is 32.3 Å². The lowest BCUT2D eigenvalue weighted by atomic mass is 9.97. The van der Waals surface area contributed by atoms with Crippen molar-refractivity contribution in [1.82, 2.24) is 10.2 Å². The van der Waals surface area contributed by atoms with E-state index in [0.717, 1.165) is 44.5 Å². The van der Waals surface area contributed by atoms with Gasteiger partial charge in [0.1, 0.15) is 5.82 Å². The summed E-state index contributed by atoms with van der Waals surface area (Å²) in [6.45, 7) is 6.85. The van der Waals surface area contributed by atoms with Crippen LogP contribution in [-0.2, 0) is 11.2 Å². The maximum atomic E-state index is 13.3. The van der Waals surface area contributed by atoms with Gasteiger partial charge in [0.2, 0.25) is 5.91 Å². The normalized spacial score (nSPS) is 16.5. The fourth-order valence-electron chi connectivity index (χ4n) is 3.22. The minimum absolute atomic E-state index is 0. The Bertz CT molecular complexity index is 492. The van der Waals surface area contributed by atoms with E-state index in [-0.39, 0.29) is 30.0 Å². The number of piperidine rings is 1. The molecule has 1 fully saturated rings. The maximum Gasteiger partial charge on any atom is 0.225 e. The third kappa shape index (κ3) is 5.78. The van der Waals surface area contributed by atoms with E-state index in [4.69, 9.17) is 0 Å². The molecule has 1 aromatic rings. The highest BCUT2D eigenvalue weighted by atomic mass is 35.5. The number of halogens is 2. The number of nitrogens with one attached hydrogen (secondary N) is 1. The van der Waals surface area contributed by atoms with Gasteiger partial charge in [-0.15, -0.1) is 12.4 Å². The molecular formula is C18H28ClFN2O. The highest BCUT2D eigenvalue weighted by molar-refractivity contribution is 5.85. The second kappa shape index (κ2) is 9.89. The minimum Gasteiger partial charge on any atom is -0.339 e. The first kappa shape index (κ1) is 19.9. The molecule has 1 aliphatic heterocycles.